The number of carbonyl (C=O) groups excluding carboxylic acids is 10. The second-order valence-corrected chi connectivity index (χ2v) is 21.1. The third-order valence-corrected chi connectivity index (χ3v) is 14.6. The van der Waals surface area contributed by atoms with Crippen LogP contribution in [0, 0.1) is 11.8 Å². The molecular weight excluding hydrogens is 1050 g/mol. The van der Waals surface area contributed by atoms with Gasteiger partial charge in [0, 0.05) is 39.2 Å². The van der Waals surface area contributed by atoms with E-state index in [2.05, 4.69) is 31.9 Å². The van der Waals surface area contributed by atoms with Crippen LogP contribution >= 0.6 is 0 Å². The van der Waals surface area contributed by atoms with Gasteiger partial charge in [0.15, 0.2) is 0 Å². The van der Waals surface area contributed by atoms with Crippen LogP contribution in [0.5, 0.6) is 11.5 Å². The highest BCUT2D eigenvalue weighted by atomic mass is 16.5. The number of amides is 8. The van der Waals surface area contributed by atoms with E-state index in [1.165, 1.54) is 55.3 Å². The molecule has 2 unspecified atom stereocenters. The number of rotatable bonds is 19. The summed E-state index contributed by atoms with van der Waals surface area (Å²) in [4.78, 5) is 144. The fraction of sp³-hybridized carbons (Fsp3) is 0.517. The lowest BCUT2D eigenvalue weighted by Crippen LogP contribution is -2.66. The van der Waals surface area contributed by atoms with E-state index in [9.17, 15) is 63.3 Å². The molecule has 5 rings (SSSR count). The molecule has 0 aliphatic carbocycles. The van der Waals surface area contributed by atoms with Crippen molar-refractivity contribution in [2.75, 3.05) is 14.2 Å². The maximum absolute atomic E-state index is 14.9. The van der Waals surface area contributed by atoms with Crippen molar-refractivity contribution in [3.8, 4) is 11.5 Å². The number of hydrogen-bond donors (Lipinski definition) is 9. The van der Waals surface area contributed by atoms with E-state index < -0.39 is 145 Å². The molecule has 0 aromatic heterocycles. The Morgan fingerprint density at radius 2 is 1.35 bits per heavy atom. The molecule has 23 heteroatoms. The average Bonchev–Trinajstić information content (AvgIpc) is 3.60. The number of esters is 2. The van der Waals surface area contributed by atoms with Crippen molar-refractivity contribution in [2.45, 2.75) is 166 Å². The first-order valence-corrected chi connectivity index (χ1v) is 27.4. The first-order valence-electron chi connectivity index (χ1n) is 27.4. The van der Waals surface area contributed by atoms with Crippen LogP contribution in [-0.2, 0) is 76.7 Å². The number of likely N-dealkylation sites (N-methyl/N-ethyl adjacent to an activating group) is 1. The average molecular weight is 1130 g/mol. The number of nitrogens with one attached hydrogen (secondary N) is 6. The fourth-order valence-electron chi connectivity index (χ4n) is 9.70. The quantitative estimate of drug-likeness (QED) is 0.0770. The maximum atomic E-state index is 14.9. The lowest BCUT2D eigenvalue weighted by atomic mass is 9.93. The predicted molar refractivity (Wildman–Crippen MR) is 294 cm³/mol. The van der Waals surface area contributed by atoms with Gasteiger partial charge >= 0.3 is 11.9 Å². The number of phenolic OH excluding ortho intramolecular Hbond substituents is 2. The van der Waals surface area contributed by atoms with E-state index in [4.69, 9.17) is 9.47 Å². The maximum Gasteiger partial charge on any atom is 0.329 e. The van der Waals surface area contributed by atoms with E-state index in [0.717, 1.165) is 12.0 Å². The number of piperidine rings is 1. The number of aliphatic hydroxyl groups is 1. The van der Waals surface area contributed by atoms with E-state index in [1.807, 2.05) is 0 Å². The minimum atomic E-state index is -1.81. The van der Waals surface area contributed by atoms with Gasteiger partial charge in [0.25, 0.3) is 0 Å². The van der Waals surface area contributed by atoms with Crippen molar-refractivity contribution in [2.24, 2.45) is 11.8 Å². The van der Waals surface area contributed by atoms with Crippen molar-refractivity contribution < 1.29 is 72.7 Å². The summed E-state index contributed by atoms with van der Waals surface area (Å²) in [5.41, 5.74) is 1.63. The molecule has 23 nitrogen and oxygen atoms in total. The summed E-state index contributed by atoms with van der Waals surface area (Å²) in [7, 11) is 2.45. The second kappa shape index (κ2) is 29.9. The zero-order valence-corrected chi connectivity index (χ0v) is 47.1. The van der Waals surface area contributed by atoms with Gasteiger partial charge in [0.05, 0.1) is 7.11 Å². The van der Waals surface area contributed by atoms with Crippen LogP contribution in [0.1, 0.15) is 103 Å². The van der Waals surface area contributed by atoms with Crippen molar-refractivity contribution in [3.63, 3.8) is 0 Å². The highest BCUT2D eigenvalue weighted by molar-refractivity contribution is 5.98. The van der Waals surface area contributed by atoms with Crippen LogP contribution in [0.25, 0.3) is 0 Å². The first kappa shape index (κ1) is 63.7. The van der Waals surface area contributed by atoms with Gasteiger partial charge in [0.1, 0.15) is 72.2 Å². The number of methoxy groups -OCH3 is 1. The van der Waals surface area contributed by atoms with Crippen LogP contribution in [-0.4, -0.2) is 159 Å². The van der Waals surface area contributed by atoms with Gasteiger partial charge in [-0.2, -0.15) is 0 Å². The highest BCUT2D eigenvalue weighted by Gasteiger charge is 2.47. The highest BCUT2D eigenvalue weighted by Crippen LogP contribution is 2.27. The predicted octanol–water partition coefficient (Wildman–Crippen LogP) is 1.57. The van der Waals surface area contributed by atoms with E-state index in [-0.39, 0.29) is 50.0 Å². The summed E-state index contributed by atoms with van der Waals surface area (Å²) in [6.07, 6.45) is -3.70. The molecule has 440 valence electrons. The smallest absolute Gasteiger partial charge is 0.329 e. The van der Waals surface area contributed by atoms with Gasteiger partial charge in [-0.15, -0.1) is 0 Å². The number of aromatic hydroxyl groups is 2. The number of benzene rings is 3. The van der Waals surface area contributed by atoms with Crippen LogP contribution < -0.4 is 31.9 Å². The van der Waals surface area contributed by atoms with Gasteiger partial charge in [-0.05, 0) is 85.4 Å². The summed E-state index contributed by atoms with van der Waals surface area (Å²) in [6.45, 7) is 9.84. The molecule has 2 aliphatic rings. The number of phenols is 2. The SMILES string of the molecule is CCCC(=O)N[C@@H](Cc1ccc(O)cc1)C(=O)NC(CCC(=O)N[C@@H]1C(=O)N[C@@H](Cc2ccc(O)cc2)C(=O)NC2CC[C@@H](O)N(C2=O)[C@@H](C(C)C)C(=O)N(C)[C@@H](Cc2ccccc2)C(=O)N[C@@H]([C@@H](C)CC)C(=O)O[C@@H]1C)C(=O)OC. The molecule has 2 saturated heterocycles. The van der Waals surface area contributed by atoms with Gasteiger partial charge < -0.3 is 66.5 Å². The molecule has 2 bridgehead atoms. The lowest BCUT2D eigenvalue weighted by molar-refractivity contribution is -0.167. The topological polar surface area (TPSA) is 329 Å². The Labute approximate surface area is 471 Å². The number of cyclic esters (lactones) is 1. The standard InChI is InChI=1S/C58H78N8O15/c1-9-14-45(69)59-42(29-36-17-21-38(67)22-18-36)51(72)61-41(57(78)80-8)25-27-46(70)63-49-34(6)81-58(79)48(33(5)10-2)64-53(74)44(31-35-15-12-11-13-16-35)65(7)56(77)50(32(3)4)66-47(71)28-26-40(55(66)76)60-52(73)43(62-54(49)75)30-37-19-23-39(68)24-20-37/h11-13,15-24,32-34,40-44,47-50,67-68,71H,9-10,14,25-31H2,1-8H3,(H,59,69)(H,60,73)(H,61,72)(H,62,75)(H,63,70)(H,64,74)/t33-,34+,40?,41?,42-,43-,44-,47+,48-,49-,50-/m0/s1. The monoisotopic (exact) mass is 1130 g/mol. The van der Waals surface area contributed by atoms with E-state index in [1.54, 1.807) is 77.1 Å². The molecule has 0 saturated carbocycles. The number of hydrogen-bond acceptors (Lipinski definition) is 15. The van der Waals surface area contributed by atoms with Crippen LogP contribution in [0.2, 0.25) is 0 Å². The van der Waals surface area contributed by atoms with Crippen molar-refractivity contribution in [3.05, 3.63) is 95.6 Å². The molecule has 2 aliphatic heterocycles. The summed E-state index contributed by atoms with van der Waals surface area (Å²) >= 11 is 0. The first-order chi connectivity index (χ1) is 38.5. The van der Waals surface area contributed by atoms with Gasteiger partial charge in [-0.25, -0.2) is 9.59 Å². The molecule has 0 radical (unpaired) electrons. The molecule has 11 atom stereocenters. The summed E-state index contributed by atoms with van der Waals surface area (Å²) in [6, 6.07) is 8.92. The zero-order valence-electron chi connectivity index (χ0n) is 47.1. The van der Waals surface area contributed by atoms with Gasteiger partial charge in [-0.1, -0.05) is 95.6 Å². The van der Waals surface area contributed by atoms with Crippen LogP contribution in [0.15, 0.2) is 78.9 Å². The summed E-state index contributed by atoms with van der Waals surface area (Å²) < 4.78 is 10.9. The number of carbonyl (C=O) groups is 10. The molecule has 3 aromatic rings. The molecule has 8 amide bonds. The Balaban J connectivity index is 1.54. The Hall–Kier alpha value is -8.08. The zero-order chi connectivity index (χ0) is 59.7. The third kappa shape index (κ3) is 17.7. The molecule has 2 fully saturated rings. The number of ether oxygens (including phenoxy) is 2. The lowest BCUT2D eigenvalue weighted by Gasteiger charge is -2.44. The second-order valence-electron chi connectivity index (χ2n) is 21.1. The van der Waals surface area contributed by atoms with Gasteiger partial charge in [-0.3, -0.25) is 38.4 Å². The Morgan fingerprint density at radius 3 is 1.94 bits per heavy atom. The third-order valence-electron chi connectivity index (χ3n) is 14.6. The molecule has 2 heterocycles. The summed E-state index contributed by atoms with van der Waals surface area (Å²) in [5.74, 6) is -9.81. The van der Waals surface area contributed by atoms with Crippen molar-refractivity contribution in [1.29, 1.82) is 0 Å². The largest absolute Gasteiger partial charge is 0.508 e. The number of nitrogens with zero attached hydrogens (tertiary/aromatic N) is 2. The molecule has 0 spiro atoms. The number of aliphatic hydroxyl groups excluding tert-OH is 1. The molecular formula is C58H78N8O15. The minimum absolute atomic E-state index is 0.0259. The van der Waals surface area contributed by atoms with Crippen LogP contribution in [0.4, 0.5) is 0 Å². The molecule has 81 heavy (non-hydrogen) atoms. The van der Waals surface area contributed by atoms with Crippen molar-refractivity contribution >= 4 is 59.2 Å². The summed E-state index contributed by atoms with van der Waals surface area (Å²) in [5, 5.41) is 47.3. The molecule has 9 N–H and O–H groups in total. The number of fused-ring (bicyclic) bond motifs is 2. The van der Waals surface area contributed by atoms with E-state index >= 15 is 0 Å². The van der Waals surface area contributed by atoms with Crippen molar-refractivity contribution in [1.82, 2.24) is 41.7 Å². The molecule has 3 aromatic carbocycles. The van der Waals surface area contributed by atoms with Gasteiger partial charge in [0.2, 0.25) is 47.3 Å². The Morgan fingerprint density at radius 1 is 0.728 bits per heavy atom. The minimum Gasteiger partial charge on any atom is -0.508 e. The fourth-order valence-corrected chi connectivity index (χ4v) is 9.70. The van der Waals surface area contributed by atoms with E-state index in [0.29, 0.717) is 29.5 Å². The van der Waals surface area contributed by atoms with Crippen LogP contribution in [0.3, 0.4) is 0 Å². The Bertz CT molecular complexity index is 2690. The Kier molecular flexibility index (Phi) is 23.6. The normalized spacial score (nSPS) is 23.4.